The van der Waals surface area contributed by atoms with E-state index in [4.69, 9.17) is 4.74 Å². The molecule has 22 heavy (non-hydrogen) atoms. The van der Waals surface area contributed by atoms with Crippen molar-refractivity contribution in [1.29, 1.82) is 0 Å². The largest absolute Gasteiger partial charge is 0.496 e. The van der Waals surface area contributed by atoms with Crippen molar-refractivity contribution < 1.29 is 9.53 Å². The molecule has 2 aromatic rings. The van der Waals surface area contributed by atoms with Crippen LogP contribution in [0, 0.1) is 13.8 Å². The number of carbonyl (C=O) groups excluding carboxylic acids is 1. The Hall–Kier alpha value is -2.56. The molecule has 0 fully saturated rings. The number of aromatic nitrogens is 1. The molecular weight excluding hydrogens is 278 g/mol. The third-order valence-corrected chi connectivity index (χ3v) is 3.39. The number of carbonyl (C=O) groups is 1. The topological polar surface area (TPSA) is 63.2 Å². The minimum atomic E-state index is -0.0852. The number of nitrogens with zero attached hydrogens (tertiary/aromatic N) is 1. The average Bonchev–Trinajstić information content (AvgIpc) is 2.47. The predicted molar refractivity (Wildman–Crippen MR) is 88.3 cm³/mol. The number of anilines is 2. The molecule has 0 unspecified atom stereocenters. The van der Waals surface area contributed by atoms with Gasteiger partial charge >= 0.3 is 0 Å². The zero-order valence-electron chi connectivity index (χ0n) is 13.4. The first kappa shape index (κ1) is 15.8. The lowest BCUT2D eigenvalue weighted by molar-refractivity contribution is -0.114. The maximum absolute atomic E-state index is 11.1. The van der Waals surface area contributed by atoms with Crippen LogP contribution in [0.5, 0.6) is 5.75 Å². The van der Waals surface area contributed by atoms with E-state index in [9.17, 15) is 4.79 Å². The Morgan fingerprint density at radius 1 is 1.27 bits per heavy atom. The Kier molecular flexibility index (Phi) is 4.99. The number of hydrogen-bond acceptors (Lipinski definition) is 4. The summed E-state index contributed by atoms with van der Waals surface area (Å²) in [5.74, 6) is 0.789. The minimum absolute atomic E-state index is 0.0852. The fraction of sp³-hybridized carbons (Fsp3) is 0.294. The van der Waals surface area contributed by atoms with Gasteiger partial charge in [-0.1, -0.05) is 6.07 Å². The van der Waals surface area contributed by atoms with Crippen LogP contribution in [-0.2, 0) is 11.3 Å². The van der Waals surface area contributed by atoms with Gasteiger partial charge in [0, 0.05) is 35.6 Å². The molecule has 2 rings (SSSR count). The van der Waals surface area contributed by atoms with E-state index < -0.39 is 0 Å². The number of pyridine rings is 1. The summed E-state index contributed by atoms with van der Waals surface area (Å²) in [4.78, 5) is 15.6. The van der Waals surface area contributed by atoms with Gasteiger partial charge in [-0.3, -0.25) is 9.78 Å². The predicted octanol–water partition coefficient (Wildman–Crippen LogP) is 3.28. The second-order valence-corrected chi connectivity index (χ2v) is 5.16. The van der Waals surface area contributed by atoms with Gasteiger partial charge in [0.2, 0.25) is 5.91 Å². The van der Waals surface area contributed by atoms with Gasteiger partial charge < -0.3 is 15.4 Å². The van der Waals surface area contributed by atoms with E-state index in [1.54, 1.807) is 7.11 Å². The molecule has 0 bridgehead atoms. The van der Waals surface area contributed by atoms with E-state index in [-0.39, 0.29) is 5.91 Å². The Balaban J connectivity index is 2.12. The van der Waals surface area contributed by atoms with Crippen LogP contribution in [0.15, 0.2) is 30.5 Å². The van der Waals surface area contributed by atoms with Gasteiger partial charge in [-0.05, 0) is 32.0 Å². The highest BCUT2D eigenvalue weighted by Gasteiger charge is 2.09. The molecule has 1 aromatic carbocycles. The fourth-order valence-corrected chi connectivity index (χ4v) is 2.35. The quantitative estimate of drug-likeness (QED) is 0.889. The summed E-state index contributed by atoms with van der Waals surface area (Å²) in [5, 5.41) is 6.08. The van der Waals surface area contributed by atoms with E-state index in [1.807, 2.05) is 44.3 Å². The van der Waals surface area contributed by atoms with Gasteiger partial charge in [0.15, 0.2) is 0 Å². The molecule has 1 heterocycles. The minimum Gasteiger partial charge on any atom is -0.496 e. The van der Waals surface area contributed by atoms with Crippen molar-refractivity contribution in [2.75, 3.05) is 17.7 Å². The van der Waals surface area contributed by atoms with Crippen LogP contribution in [0.4, 0.5) is 11.4 Å². The molecule has 0 saturated carbocycles. The van der Waals surface area contributed by atoms with Crippen molar-refractivity contribution in [2.24, 2.45) is 0 Å². The molecule has 2 N–H and O–H groups in total. The molecule has 1 amide bonds. The molecule has 1 aromatic heterocycles. The van der Waals surface area contributed by atoms with E-state index in [0.29, 0.717) is 6.54 Å². The molecule has 5 heteroatoms. The van der Waals surface area contributed by atoms with Crippen molar-refractivity contribution in [3.05, 3.63) is 47.3 Å². The number of nitrogens with one attached hydrogen (secondary N) is 2. The number of aryl methyl sites for hydroxylation is 1. The summed E-state index contributed by atoms with van der Waals surface area (Å²) in [6, 6.07) is 7.59. The highest BCUT2D eigenvalue weighted by atomic mass is 16.5. The highest BCUT2D eigenvalue weighted by Crippen LogP contribution is 2.24. The van der Waals surface area contributed by atoms with Crippen LogP contribution in [0.3, 0.4) is 0 Å². The van der Waals surface area contributed by atoms with Crippen LogP contribution >= 0.6 is 0 Å². The molecule has 0 aliphatic carbocycles. The maximum atomic E-state index is 11.1. The first-order valence-electron chi connectivity index (χ1n) is 7.12. The maximum Gasteiger partial charge on any atom is 0.221 e. The molecule has 0 saturated heterocycles. The smallest absolute Gasteiger partial charge is 0.221 e. The highest BCUT2D eigenvalue weighted by molar-refractivity contribution is 5.89. The van der Waals surface area contributed by atoms with Crippen LogP contribution < -0.4 is 15.4 Å². The van der Waals surface area contributed by atoms with Crippen molar-refractivity contribution in [3.63, 3.8) is 0 Å². The first-order valence-corrected chi connectivity index (χ1v) is 7.12. The fourth-order valence-electron chi connectivity index (χ4n) is 2.35. The molecule has 0 radical (unpaired) electrons. The number of ether oxygens (including phenoxy) is 1. The average molecular weight is 299 g/mol. The zero-order chi connectivity index (χ0) is 16.1. The molecule has 0 spiro atoms. The lowest BCUT2D eigenvalue weighted by Crippen LogP contribution is -2.08. The Morgan fingerprint density at radius 2 is 2.00 bits per heavy atom. The molecule has 0 atom stereocenters. The molecule has 116 valence electrons. The number of benzene rings is 1. The number of rotatable bonds is 5. The van der Waals surface area contributed by atoms with Gasteiger partial charge in [0.1, 0.15) is 5.75 Å². The number of hydrogen-bond donors (Lipinski definition) is 2. The summed E-state index contributed by atoms with van der Waals surface area (Å²) in [5.41, 5.74) is 4.69. The zero-order valence-corrected chi connectivity index (χ0v) is 13.4. The van der Waals surface area contributed by atoms with Crippen molar-refractivity contribution in [2.45, 2.75) is 27.3 Å². The van der Waals surface area contributed by atoms with Gasteiger partial charge in [0.25, 0.3) is 0 Å². The van der Waals surface area contributed by atoms with Crippen LogP contribution in [0.2, 0.25) is 0 Å². The third-order valence-electron chi connectivity index (χ3n) is 3.39. The van der Waals surface area contributed by atoms with Crippen molar-refractivity contribution >= 4 is 17.3 Å². The number of methoxy groups -OCH3 is 1. The molecule has 0 aliphatic rings. The SMILES string of the molecule is COc1c(C)cnc(CNc2cccc(NC(C)=O)c2)c1C. The third kappa shape index (κ3) is 3.75. The van der Waals surface area contributed by atoms with Gasteiger partial charge in [0.05, 0.1) is 19.3 Å². The van der Waals surface area contributed by atoms with Gasteiger partial charge in [-0.15, -0.1) is 0 Å². The standard InChI is InChI=1S/C17H21N3O2/c1-11-9-19-16(12(2)17(11)22-4)10-18-14-6-5-7-15(8-14)20-13(3)21/h5-9,18H,10H2,1-4H3,(H,20,21). The summed E-state index contributed by atoms with van der Waals surface area (Å²) in [6.45, 7) is 6.06. The van der Waals surface area contributed by atoms with Crippen molar-refractivity contribution in [3.8, 4) is 5.75 Å². The molecular formula is C17H21N3O2. The van der Waals surface area contributed by atoms with E-state index in [2.05, 4.69) is 15.6 Å². The Morgan fingerprint density at radius 3 is 2.68 bits per heavy atom. The van der Waals surface area contributed by atoms with Crippen molar-refractivity contribution in [1.82, 2.24) is 4.98 Å². The first-order chi connectivity index (χ1) is 10.5. The van der Waals surface area contributed by atoms with Crippen LogP contribution in [-0.4, -0.2) is 18.0 Å². The summed E-state index contributed by atoms with van der Waals surface area (Å²) >= 11 is 0. The Bertz CT molecular complexity index is 684. The summed E-state index contributed by atoms with van der Waals surface area (Å²) in [6.07, 6.45) is 1.82. The van der Waals surface area contributed by atoms with Gasteiger partial charge in [-0.2, -0.15) is 0 Å². The van der Waals surface area contributed by atoms with E-state index in [1.165, 1.54) is 6.92 Å². The lowest BCUT2D eigenvalue weighted by Gasteiger charge is -2.13. The summed E-state index contributed by atoms with van der Waals surface area (Å²) < 4.78 is 5.42. The second-order valence-electron chi connectivity index (χ2n) is 5.16. The van der Waals surface area contributed by atoms with E-state index >= 15 is 0 Å². The van der Waals surface area contributed by atoms with Crippen LogP contribution in [0.1, 0.15) is 23.7 Å². The molecule has 0 aliphatic heterocycles. The normalized spacial score (nSPS) is 10.2. The van der Waals surface area contributed by atoms with Crippen LogP contribution in [0.25, 0.3) is 0 Å². The Labute approximate surface area is 130 Å². The number of amides is 1. The van der Waals surface area contributed by atoms with E-state index in [0.717, 1.165) is 33.9 Å². The summed E-state index contributed by atoms with van der Waals surface area (Å²) in [7, 11) is 1.67. The van der Waals surface area contributed by atoms with Gasteiger partial charge in [-0.25, -0.2) is 0 Å². The lowest BCUT2D eigenvalue weighted by atomic mass is 10.1. The molecule has 5 nitrogen and oxygen atoms in total. The monoisotopic (exact) mass is 299 g/mol. The second kappa shape index (κ2) is 6.93.